The van der Waals surface area contributed by atoms with Crippen molar-refractivity contribution in [2.45, 2.75) is 51.1 Å². The lowest BCUT2D eigenvalue weighted by molar-refractivity contribution is -0.136. The molecule has 1 amide bonds. The molecule has 1 aromatic carbocycles. The number of carbonyl (C=O) groups is 2. The lowest BCUT2D eigenvalue weighted by Crippen LogP contribution is -2.41. The molecule has 0 radical (unpaired) electrons. The van der Waals surface area contributed by atoms with Crippen LogP contribution < -0.4 is 5.32 Å². The van der Waals surface area contributed by atoms with Crippen LogP contribution in [0.25, 0.3) is 0 Å². The molecule has 2 heterocycles. The number of nitrogens with zero attached hydrogens (tertiary/aromatic N) is 2. The fourth-order valence-electron chi connectivity index (χ4n) is 5.55. The van der Waals surface area contributed by atoms with Gasteiger partial charge in [0.25, 0.3) is 0 Å². The minimum Gasteiger partial charge on any atom is -0.466 e. The number of nitrogens with one attached hydrogen (secondary N) is 1. The summed E-state index contributed by atoms with van der Waals surface area (Å²) in [4.78, 5) is 32.4. The first kappa shape index (κ1) is 21.6. The summed E-state index contributed by atoms with van der Waals surface area (Å²) in [5.74, 6) is 1.00. The Bertz CT molecular complexity index is 1050. The number of amides is 1. The summed E-state index contributed by atoms with van der Waals surface area (Å²) >= 11 is 7.59. The first-order valence-electron chi connectivity index (χ1n) is 11.0. The van der Waals surface area contributed by atoms with Crippen LogP contribution in [0.1, 0.15) is 50.6 Å². The lowest BCUT2D eigenvalue weighted by Gasteiger charge is -2.36. The molecule has 2 bridgehead atoms. The van der Waals surface area contributed by atoms with Crippen LogP contribution in [0.2, 0.25) is 5.02 Å². The van der Waals surface area contributed by atoms with Gasteiger partial charge in [0.05, 0.1) is 30.8 Å². The maximum Gasteiger partial charge on any atom is 0.338 e. The number of methoxy groups -OCH3 is 1. The molecule has 0 aromatic heterocycles. The van der Waals surface area contributed by atoms with Crippen molar-refractivity contribution in [1.29, 1.82) is 0 Å². The topological polar surface area (TPSA) is 71.0 Å². The molecule has 1 aromatic rings. The van der Waals surface area contributed by atoms with Gasteiger partial charge in [-0.15, -0.1) is 0 Å². The third-order valence-electron chi connectivity index (χ3n) is 7.02. The second-order valence-corrected chi connectivity index (χ2v) is 10.2. The Morgan fingerprint density at radius 3 is 2.69 bits per heavy atom. The third-order valence-corrected chi connectivity index (χ3v) is 8.16. The number of fused-ring (bicyclic) bond motifs is 3. The molecule has 0 unspecified atom stereocenters. The molecule has 32 heavy (non-hydrogen) atoms. The highest BCUT2D eigenvalue weighted by Gasteiger charge is 2.42. The van der Waals surface area contributed by atoms with Crippen molar-refractivity contribution in [1.82, 2.24) is 10.2 Å². The highest BCUT2D eigenvalue weighted by molar-refractivity contribution is 8.16. The average Bonchev–Trinajstić information content (AvgIpc) is 3.49. The Balaban J connectivity index is 1.41. The molecule has 0 saturated heterocycles. The highest BCUT2D eigenvalue weighted by atomic mass is 35.5. The number of amidine groups is 1. The number of hydrogen-bond donors (Lipinski definition) is 1. The summed E-state index contributed by atoms with van der Waals surface area (Å²) in [7, 11) is 1.37. The van der Waals surface area contributed by atoms with Gasteiger partial charge in [0.15, 0.2) is 5.17 Å². The molecule has 1 N–H and O–H groups in total. The zero-order valence-corrected chi connectivity index (χ0v) is 19.7. The van der Waals surface area contributed by atoms with Gasteiger partial charge in [-0.05, 0) is 61.1 Å². The molecule has 168 valence electrons. The second kappa shape index (κ2) is 8.60. The van der Waals surface area contributed by atoms with Gasteiger partial charge < -0.3 is 15.0 Å². The predicted molar refractivity (Wildman–Crippen MR) is 126 cm³/mol. The van der Waals surface area contributed by atoms with Gasteiger partial charge >= 0.3 is 5.97 Å². The van der Waals surface area contributed by atoms with Crippen molar-refractivity contribution in [3.63, 3.8) is 0 Å². The minimum absolute atomic E-state index is 0.0244. The van der Waals surface area contributed by atoms with E-state index in [4.69, 9.17) is 16.3 Å². The first-order valence-corrected chi connectivity index (χ1v) is 12.3. The van der Waals surface area contributed by atoms with Gasteiger partial charge in [0.1, 0.15) is 0 Å². The lowest BCUT2D eigenvalue weighted by atomic mass is 9.93. The van der Waals surface area contributed by atoms with Gasteiger partial charge in [0, 0.05) is 16.8 Å². The smallest absolute Gasteiger partial charge is 0.338 e. The Morgan fingerprint density at radius 2 is 2.03 bits per heavy atom. The van der Waals surface area contributed by atoms with Crippen LogP contribution in [-0.4, -0.2) is 35.1 Å². The zero-order chi connectivity index (χ0) is 22.4. The quantitative estimate of drug-likeness (QED) is 0.625. The van der Waals surface area contributed by atoms with E-state index in [0.717, 1.165) is 28.8 Å². The molecule has 8 heteroatoms. The number of carbonyl (C=O) groups excluding carboxylic acids is 2. The van der Waals surface area contributed by atoms with Crippen molar-refractivity contribution < 1.29 is 14.3 Å². The Hall–Kier alpha value is -2.25. The molecule has 2 aliphatic heterocycles. The second-order valence-electron chi connectivity index (χ2n) is 8.96. The van der Waals surface area contributed by atoms with Crippen molar-refractivity contribution in [2.24, 2.45) is 16.8 Å². The average molecular weight is 472 g/mol. The van der Waals surface area contributed by atoms with E-state index in [-0.39, 0.29) is 12.3 Å². The number of esters is 1. The third kappa shape index (κ3) is 3.86. The van der Waals surface area contributed by atoms with Gasteiger partial charge in [0.2, 0.25) is 5.91 Å². The summed E-state index contributed by atoms with van der Waals surface area (Å²) in [6, 6.07) is 7.29. The van der Waals surface area contributed by atoms with Crippen molar-refractivity contribution in [2.75, 3.05) is 7.11 Å². The number of aliphatic imine (C=N–C) groups is 1. The van der Waals surface area contributed by atoms with E-state index in [9.17, 15) is 9.59 Å². The molecule has 4 atom stereocenters. The number of halogens is 1. The van der Waals surface area contributed by atoms with Crippen LogP contribution in [0, 0.1) is 11.8 Å². The van der Waals surface area contributed by atoms with Crippen LogP contribution in [0.15, 0.2) is 51.6 Å². The number of ether oxygens (including phenoxy) is 1. The minimum atomic E-state index is -0.427. The van der Waals surface area contributed by atoms with E-state index in [2.05, 4.69) is 10.3 Å². The fourth-order valence-corrected chi connectivity index (χ4v) is 6.64. The van der Waals surface area contributed by atoms with E-state index < -0.39 is 12.0 Å². The van der Waals surface area contributed by atoms with Crippen LogP contribution in [-0.2, 0) is 14.3 Å². The molecule has 0 spiro atoms. The molecular formula is C24H26ClN3O3S. The normalized spacial score (nSPS) is 28.4. The van der Waals surface area contributed by atoms with Crippen LogP contribution in [0.4, 0.5) is 0 Å². The van der Waals surface area contributed by atoms with Gasteiger partial charge in [-0.3, -0.25) is 4.79 Å². The van der Waals surface area contributed by atoms with Crippen molar-refractivity contribution >= 4 is 40.4 Å². The van der Waals surface area contributed by atoms with Gasteiger partial charge in [-0.25, -0.2) is 9.79 Å². The largest absolute Gasteiger partial charge is 0.466 e. The zero-order valence-electron chi connectivity index (χ0n) is 18.1. The number of rotatable bonds is 5. The number of allylic oxidation sites excluding steroid dienone is 1. The Kier molecular flexibility index (Phi) is 5.80. The van der Waals surface area contributed by atoms with E-state index in [1.807, 2.05) is 29.4 Å². The van der Waals surface area contributed by atoms with Crippen LogP contribution in [0.3, 0.4) is 0 Å². The van der Waals surface area contributed by atoms with E-state index in [1.165, 1.54) is 38.1 Å². The molecule has 2 aliphatic carbocycles. The number of thioether (sulfide) groups is 1. The van der Waals surface area contributed by atoms with Crippen LogP contribution in [0.5, 0.6) is 0 Å². The molecular weight excluding hydrogens is 446 g/mol. The van der Waals surface area contributed by atoms with E-state index in [1.54, 1.807) is 12.1 Å². The standard InChI is InChI=1S/C24H26ClN3O3S/c1-13-21(23(30)31-2)22(15-5-7-17(25)8-6-15)28-18(12-32-24(28)26-13)11-20(29)27-19-10-14-3-4-16(19)9-14/h5-8,12,14,16,19,22H,3-4,9-11H2,1-2H3,(H,27,29)/t14-,16-,19-,22+/m0/s1. The van der Waals surface area contributed by atoms with Gasteiger partial charge in [-0.2, -0.15) is 0 Å². The fraction of sp³-hybridized carbons (Fsp3) is 0.458. The SMILES string of the molecule is COC(=O)C1=C(C)N=C2SC=C(CC(=O)N[C@H]3C[C@H]4CC[C@H]3C4)N2[C@@H]1c1ccc(Cl)cc1. The molecule has 6 nitrogen and oxygen atoms in total. The maximum atomic E-state index is 13.0. The monoisotopic (exact) mass is 471 g/mol. The first-order chi connectivity index (χ1) is 15.4. The van der Waals surface area contributed by atoms with E-state index in [0.29, 0.717) is 28.3 Å². The number of benzene rings is 1. The van der Waals surface area contributed by atoms with Gasteiger partial charge in [-0.1, -0.05) is 41.9 Å². The van der Waals surface area contributed by atoms with Crippen molar-refractivity contribution in [3.05, 3.63) is 57.2 Å². The maximum absolute atomic E-state index is 13.0. The summed E-state index contributed by atoms with van der Waals surface area (Å²) in [5, 5.41) is 6.62. The Labute approximate surface area is 197 Å². The molecule has 2 fully saturated rings. The molecule has 4 aliphatic rings. The molecule has 5 rings (SSSR count). The predicted octanol–water partition coefficient (Wildman–Crippen LogP) is 4.78. The summed E-state index contributed by atoms with van der Waals surface area (Å²) in [6.45, 7) is 1.82. The summed E-state index contributed by atoms with van der Waals surface area (Å²) in [5.41, 5.74) is 2.82. The molecule has 2 saturated carbocycles. The Morgan fingerprint density at radius 1 is 1.25 bits per heavy atom. The van der Waals surface area contributed by atoms with Crippen molar-refractivity contribution in [3.8, 4) is 0 Å². The highest BCUT2D eigenvalue weighted by Crippen LogP contribution is 2.46. The summed E-state index contributed by atoms with van der Waals surface area (Å²) < 4.78 is 5.09. The summed E-state index contributed by atoms with van der Waals surface area (Å²) in [6.07, 6.45) is 5.12. The number of hydrogen-bond acceptors (Lipinski definition) is 6. The van der Waals surface area contributed by atoms with E-state index >= 15 is 0 Å². The van der Waals surface area contributed by atoms with Crippen LogP contribution >= 0.6 is 23.4 Å².